The largest absolute Gasteiger partial charge is 0.369 e. The molecule has 0 saturated carbocycles. The summed E-state index contributed by atoms with van der Waals surface area (Å²) >= 11 is 5.62. The van der Waals surface area contributed by atoms with Gasteiger partial charge in [0.1, 0.15) is 41.1 Å². The van der Waals surface area contributed by atoms with E-state index < -0.39 is 52.9 Å². The molecule has 0 bridgehead atoms. The molecule has 1 aromatic carbocycles. The molecule has 3 aromatic rings. The lowest BCUT2D eigenvalue weighted by Gasteiger charge is -2.17. The Balaban J connectivity index is 1.62. The molecule has 0 unspecified atom stereocenters. The minimum Gasteiger partial charge on any atom is -0.369 e. The molecule has 34 heavy (non-hydrogen) atoms. The van der Waals surface area contributed by atoms with Crippen LogP contribution >= 0.6 is 11.6 Å². The maximum atomic E-state index is 14.4. The Morgan fingerprint density at radius 2 is 1.91 bits per heavy atom. The van der Waals surface area contributed by atoms with Crippen LogP contribution < -0.4 is 11.1 Å². The molecule has 0 aliphatic carbocycles. The fourth-order valence-electron chi connectivity index (χ4n) is 3.78. The summed E-state index contributed by atoms with van der Waals surface area (Å²) in [6, 6.07) is 2.93. The lowest BCUT2D eigenvalue weighted by molar-refractivity contribution is 0.0247. The highest BCUT2D eigenvalue weighted by Gasteiger charge is 2.30. The van der Waals surface area contributed by atoms with Crippen LogP contribution in [-0.4, -0.2) is 39.5 Å². The summed E-state index contributed by atoms with van der Waals surface area (Å²) < 4.78 is 64.1. The number of ether oxygens (including phenoxy) is 1. The van der Waals surface area contributed by atoms with Crippen LogP contribution in [0.2, 0.25) is 5.02 Å². The van der Waals surface area contributed by atoms with Crippen molar-refractivity contribution in [1.82, 2.24) is 14.8 Å². The summed E-state index contributed by atoms with van der Waals surface area (Å²) in [5.74, 6) is -4.06. The molecule has 1 aliphatic rings. The number of nitrogens with zero attached hydrogens (tertiary/aromatic N) is 3. The van der Waals surface area contributed by atoms with Gasteiger partial charge in [-0.2, -0.15) is 5.10 Å². The Morgan fingerprint density at radius 3 is 2.62 bits per heavy atom. The molecule has 1 fully saturated rings. The molecule has 0 radical (unpaired) electrons. The number of carbonyl (C=O) groups excluding carboxylic acids is 1. The van der Waals surface area contributed by atoms with Gasteiger partial charge in [-0.1, -0.05) is 11.6 Å². The van der Waals surface area contributed by atoms with Crippen LogP contribution in [0.25, 0.3) is 11.3 Å². The van der Waals surface area contributed by atoms with E-state index in [0.29, 0.717) is 18.5 Å². The minimum absolute atomic E-state index is 0.203. The molecular formula is C22H20ClF4N5O2. The number of amides is 1. The van der Waals surface area contributed by atoms with Crippen molar-refractivity contribution >= 4 is 23.2 Å². The van der Waals surface area contributed by atoms with E-state index >= 15 is 0 Å². The molecule has 3 N–H and O–H groups in total. The van der Waals surface area contributed by atoms with Crippen LogP contribution in [0.4, 0.5) is 23.2 Å². The van der Waals surface area contributed by atoms with E-state index in [4.69, 9.17) is 22.1 Å². The van der Waals surface area contributed by atoms with Crippen LogP contribution in [0.5, 0.6) is 0 Å². The van der Waals surface area contributed by atoms with E-state index in [-0.39, 0.29) is 23.0 Å². The zero-order valence-electron chi connectivity index (χ0n) is 17.9. The second kappa shape index (κ2) is 9.69. The van der Waals surface area contributed by atoms with Gasteiger partial charge in [0.2, 0.25) is 0 Å². The third-order valence-electron chi connectivity index (χ3n) is 5.54. The fourth-order valence-corrected chi connectivity index (χ4v) is 3.97. The van der Waals surface area contributed by atoms with E-state index in [1.54, 1.807) is 7.05 Å². The van der Waals surface area contributed by atoms with Crippen LogP contribution in [0.1, 0.15) is 35.1 Å². The monoisotopic (exact) mass is 497 g/mol. The number of rotatable bonds is 4. The molecule has 3 heterocycles. The van der Waals surface area contributed by atoms with Gasteiger partial charge in [0.05, 0.1) is 29.7 Å². The lowest BCUT2D eigenvalue weighted by atomic mass is 10.0. The number of hydrogen-bond donors (Lipinski definition) is 2. The second-order valence-electron chi connectivity index (χ2n) is 7.87. The van der Waals surface area contributed by atoms with Crippen LogP contribution in [0, 0.1) is 17.5 Å². The van der Waals surface area contributed by atoms with Gasteiger partial charge in [0.15, 0.2) is 0 Å². The van der Waals surface area contributed by atoms with Gasteiger partial charge < -0.3 is 15.8 Å². The summed E-state index contributed by atoms with van der Waals surface area (Å²) in [5.41, 5.74) is 4.80. The molecule has 12 heteroatoms. The second-order valence-corrected chi connectivity index (χ2v) is 8.31. The Kier molecular flexibility index (Phi) is 6.87. The normalized spacial score (nSPS) is 20.7. The first kappa shape index (κ1) is 24.1. The smallest absolute Gasteiger partial charge is 0.274 e. The predicted octanol–water partition coefficient (Wildman–Crippen LogP) is 4.32. The summed E-state index contributed by atoms with van der Waals surface area (Å²) in [6.45, 7) is -0.203. The van der Waals surface area contributed by atoms with Gasteiger partial charge in [-0.05, 0) is 37.1 Å². The number of nitrogens with one attached hydrogen (secondary N) is 1. The van der Waals surface area contributed by atoms with Gasteiger partial charge >= 0.3 is 0 Å². The Labute approximate surface area is 196 Å². The van der Waals surface area contributed by atoms with Crippen molar-refractivity contribution in [3.05, 3.63) is 64.3 Å². The standard InChI is InChI=1S/C22H20ClF4N5O2/c1-32-21(18-5-3-15(28)14(27)9-34-18)17(8-29-32)31-22(33)16-4-2-11(24)20(30-16)19-12(25)6-10(23)7-13(19)26/h2,4,6-8,14-15,18H,3,5,9,28H2,1H3,(H,31,33)/t14-,15-,18+/m1/s1. The number of anilines is 1. The molecule has 0 spiro atoms. The van der Waals surface area contributed by atoms with Crippen molar-refractivity contribution in [2.45, 2.75) is 31.2 Å². The molecule has 1 aliphatic heterocycles. The van der Waals surface area contributed by atoms with Gasteiger partial charge in [-0.3, -0.25) is 9.48 Å². The van der Waals surface area contributed by atoms with E-state index in [1.165, 1.54) is 10.9 Å². The SMILES string of the molecule is Cn1ncc(NC(=O)c2ccc(F)c(-c3c(F)cc(Cl)cc3F)n2)c1[C@@H]1CC[C@@H](N)[C@H](F)CO1. The van der Waals surface area contributed by atoms with Crippen molar-refractivity contribution in [1.29, 1.82) is 0 Å². The first-order valence-electron chi connectivity index (χ1n) is 10.3. The molecule has 1 saturated heterocycles. The van der Waals surface area contributed by atoms with Crippen LogP contribution in [0.3, 0.4) is 0 Å². The third-order valence-corrected chi connectivity index (χ3v) is 5.76. The maximum Gasteiger partial charge on any atom is 0.274 e. The zero-order chi connectivity index (χ0) is 24.6. The highest BCUT2D eigenvalue weighted by atomic mass is 35.5. The molecule has 180 valence electrons. The summed E-state index contributed by atoms with van der Waals surface area (Å²) in [6.07, 6.45) is 0.247. The number of benzene rings is 1. The Hall–Kier alpha value is -3.02. The van der Waals surface area contributed by atoms with E-state index in [9.17, 15) is 22.4 Å². The number of pyridine rings is 1. The Morgan fingerprint density at radius 1 is 1.21 bits per heavy atom. The van der Waals surface area contributed by atoms with Gasteiger partial charge in [-0.25, -0.2) is 22.5 Å². The number of carbonyl (C=O) groups is 1. The fraction of sp³-hybridized carbons (Fsp3) is 0.318. The van der Waals surface area contributed by atoms with E-state index in [0.717, 1.165) is 24.3 Å². The molecule has 1 amide bonds. The third kappa shape index (κ3) is 4.77. The first-order valence-corrected chi connectivity index (χ1v) is 10.7. The van der Waals surface area contributed by atoms with E-state index in [1.807, 2.05) is 0 Å². The van der Waals surface area contributed by atoms with Crippen LogP contribution in [-0.2, 0) is 11.8 Å². The average molecular weight is 498 g/mol. The maximum absolute atomic E-state index is 14.4. The topological polar surface area (TPSA) is 95.1 Å². The predicted molar refractivity (Wildman–Crippen MR) is 117 cm³/mol. The highest BCUT2D eigenvalue weighted by molar-refractivity contribution is 6.30. The quantitative estimate of drug-likeness (QED) is 0.523. The molecule has 3 atom stereocenters. The van der Waals surface area contributed by atoms with Gasteiger partial charge in [0.25, 0.3) is 5.91 Å². The average Bonchev–Trinajstić information content (AvgIpc) is 3.04. The number of alkyl halides is 1. The van der Waals surface area contributed by atoms with E-state index in [2.05, 4.69) is 15.4 Å². The number of nitrogens with two attached hydrogens (primary N) is 1. The summed E-state index contributed by atoms with van der Waals surface area (Å²) in [4.78, 5) is 16.7. The van der Waals surface area contributed by atoms with Crippen molar-refractivity contribution in [2.24, 2.45) is 12.8 Å². The minimum atomic E-state index is -1.31. The van der Waals surface area contributed by atoms with Crippen molar-refractivity contribution in [2.75, 3.05) is 11.9 Å². The number of halogens is 5. The molecule has 7 nitrogen and oxygen atoms in total. The zero-order valence-corrected chi connectivity index (χ0v) is 18.6. The van der Waals surface area contributed by atoms with Gasteiger partial charge in [-0.15, -0.1) is 0 Å². The Bertz CT molecular complexity index is 1200. The van der Waals surface area contributed by atoms with Gasteiger partial charge in [0, 0.05) is 18.1 Å². The lowest BCUT2D eigenvalue weighted by Crippen LogP contribution is -2.32. The summed E-state index contributed by atoms with van der Waals surface area (Å²) in [7, 11) is 1.63. The molecular weight excluding hydrogens is 478 g/mol. The van der Waals surface area contributed by atoms with Crippen molar-refractivity contribution in [3.63, 3.8) is 0 Å². The molecule has 2 aromatic heterocycles. The van der Waals surface area contributed by atoms with Crippen LogP contribution in [0.15, 0.2) is 30.5 Å². The number of hydrogen-bond acceptors (Lipinski definition) is 5. The number of aromatic nitrogens is 3. The first-order chi connectivity index (χ1) is 16.2. The van der Waals surface area contributed by atoms with Crippen molar-refractivity contribution < 1.29 is 27.1 Å². The van der Waals surface area contributed by atoms with Crippen molar-refractivity contribution in [3.8, 4) is 11.3 Å². The number of aryl methyl sites for hydroxylation is 1. The summed E-state index contributed by atoms with van der Waals surface area (Å²) in [5, 5.41) is 6.52. The molecule has 4 rings (SSSR count). The highest BCUT2D eigenvalue weighted by Crippen LogP contribution is 2.33.